The van der Waals surface area contributed by atoms with Gasteiger partial charge in [0.15, 0.2) is 0 Å². The fourth-order valence-electron chi connectivity index (χ4n) is 4.30. The number of likely N-dealkylation sites (tertiary alicyclic amines) is 1. The van der Waals surface area contributed by atoms with E-state index in [0.29, 0.717) is 41.2 Å². The number of benzene rings is 2. The summed E-state index contributed by atoms with van der Waals surface area (Å²) in [5, 5.41) is 5.65. The Morgan fingerprint density at radius 2 is 1.78 bits per heavy atom. The van der Waals surface area contributed by atoms with E-state index in [-0.39, 0.29) is 12.0 Å². The lowest BCUT2D eigenvalue weighted by Gasteiger charge is -2.32. The normalized spacial score (nSPS) is 17.0. The minimum absolute atomic E-state index is 0.0461. The first kappa shape index (κ1) is 21.5. The second-order valence-electron chi connectivity index (χ2n) is 8.51. The molecule has 5 rings (SSSR count). The van der Waals surface area contributed by atoms with Crippen molar-refractivity contribution in [3.8, 4) is 5.69 Å². The molecule has 0 unspecified atom stereocenters. The maximum absolute atomic E-state index is 13.4. The van der Waals surface area contributed by atoms with Crippen molar-refractivity contribution < 1.29 is 9.53 Å². The first-order chi connectivity index (χ1) is 15.6. The number of carbonyl (C=O) groups is 1. The molecular weight excluding hydrogens is 445 g/mol. The van der Waals surface area contributed by atoms with Gasteiger partial charge in [-0.05, 0) is 49.4 Å². The van der Waals surface area contributed by atoms with Gasteiger partial charge < -0.3 is 9.64 Å². The predicted molar refractivity (Wildman–Crippen MR) is 126 cm³/mol. The van der Waals surface area contributed by atoms with Gasteiger partial charge in [0.05, 0.1) is 40.9 Å². The zero-order chi connectivity index (χ0) is 22.1. The molecule has 1 aliphatic heterocycles. The van der Waals surface area contributed by atoms with Crippen LogP contribution < -0.4 is 0 Å². The van der Waals surface area contributed by atoms with Crippen molar-refractivity contribution in [3.63, 3.8) is 0 Å². The quantitative estimate of drug-likeness (QED) is 0.452. The van der Waals surface area contributed by atoms with Crippen molar-refractivity contribution in [3.05, 3.63) is 81.6 Å². The molecule has 2 aromatic carbocycles. The predicted octanol–water partition coefficient (Wildman–Crippen LogP) is 5.88. The Bertz CT molecular complexity index is 1100. The van der Waals surface area contributed by atoms with Gasteiger partial charge in [0.1, 0.15) is 0 Å². The molecule has 166 valence electrons. The average Bonchev–Trinajstić information content (AvgIpc) is 3.56. The van der Waals surface area contributed by atoms with E-state index in [1.165, 1.54) is 5.56 Å². The van der Waals surface area contributed by atoms with Gasteiger partial charge in [-0.1, -0.05) is 53.5 Å². The summed E-state index contributed by atoms with van der Waals surface area (Å²) < 4.78 is 7.90. The monoisotopic (exact) mass is 469 g/mol. The minimum Gasteiger partial charge on any atom is -0.373 e. The molecule has 0 radical (unpaired) electrons. The van der Waals surface area contributed by atoms with Crippen molar-refractivity contribution >= 4 is 29.1 Å². The van der Waals surface area contributed by atoms with Crippen molar-refractivity contribution in [1.29, 1.82) is 0 Å². The van der Waals surface area contributed by atoms with Crippen LogP contribution in [-0.2, 0) is 11.3 Å². The third-order valence-corrected chi connectivity index (χ3v) is 6.73. The van der Waals surface area contributed by atoms with Crippen LogP contribution in [0.2, 0.25) is 10.0 Å². The van der Waals surface area contributed by atoms with Crippen molar-refractivity contribution in [2.24, 2.45) is 0 Å². The van der Waals surface area contributed by atoms with Crippen LogP contribution in [0.4, 0.5) is 0 Å². The third kappa shape index (κ3) is 4.56. The molecule has 1 aromatic heterocycles. The van der Waals surface area contributed by atoms with Gasteiger partial charge in [-0.2, -0.15) is 5.10 Å². The number of halogens is 2. The fourth-order valence-corrected chi connectivity index (χ4v) is 4.79. The zero-order valence-corrected chi connectivity index (χ0v) is 19.2. The maximum atomic E-state index is 13.4. The summed E-state index contributed by atoms with van der Waals surface area (Å²) in [6.45, 7) is 1.99. The fraction of sp³-hybridized carbons (Fsp3) is 0.360. The Balaban J connectivity index is 1.28. The smallest absolute Gasteiger partial charge is 0.257 e. The molecule has 7 heteroatoms. The highest BCUT2D eigenvalue weighted by molar-refractivity contribution is 6.35. The topological polar surface area (TPSA) is 47.4 Å². The van der Waals surface area contributed by atoms with Crippen molar-refractivity contribution in [2.75, 3.05) is 13.1 Å². The highest BCUT2D eigenvalue weighted by Crippen LogP contribution is 2.43. The van der Waals surface area contributed by atoms with Crippen LogP contribution in [0.5, 0.6) is 0 Å². The number of nitrogens with zero attached hydrogens (tertiary/aromatic N) is 3. The molecule has 1 amide bonds. The van der Waals surface area contributed by atoms with Crippen LogP contribution in [0.25, 0.3) is 5.69 Å². The lowest BCUT2D eigenvalue weighted by Crippen LogP contribution is -2.41. The van der Waals surface area contributed by atoms with Crippen molar-refractivity contribution in [1.82, 2.24) is 14.7 Å². The van der Waals surface area contributed by atoms with Gasteiger partial charge in [-0.3, -0.25) is 4.79 Å². The van der Waals surface area contributed by atoms with Crippen LogP contribution in [-0.4, -0.2) is 39.8 Å². The van der Waals surface area contributed by atoms with Crippen LogP contribution in [0, 0.1) is 0 Å². The molecule has 5 nitrogen and oxygen atoms in total. The lowest BCUT2D eigenvalue weighted by atomic mass is 10.1. The van der Waals surface area contributed by atoms with E-state index < -0.39 is 0 Å². The summed E-state index contributed by atoms with van der Waals surface area (Å²) >= 11 is 12.5. The van der Waals surface area contributed by atoms with Crippen LogP contribution >= 0.6 is 23.2 Å². The molecule has 0 spiro atoms. The van der Waals surface area contributed by atoms with Crippen LogP contribution in [0.1, 0.15) is 53.2 Å². The number of ether oxygens (including phenoxy) is 1. The molecule has 0 atom stereocenters. The Morgan fingerprint density at radius 1 is 1.03 bits per heavy atom. The molecule has 1 aliphatic carbocycles. The number of amides is 1. The summed E-state index contributed by atoms with van der Waals surface area (Å²) in [4.78, 5) is 15.3. The van der Waals surface area contributed by atoms with Crippen LogP contribution in [0.3, 0.4) is 0 Å². The van der Waals surface area contributed by atoms with E-state index >= 15 is 0 Å². The van der Waals surface area contributed by atoms with Crippen molar-refractivity contribution in [2.45, 2.75) is 44.3 Å². The summed E-state index contributed by atoms with van der Waals surface area (Å²) in [7, 11) is 0. The zero-order valence-electron chi connectivity index (χ0n) is 17.7. The Labute approximate surface area is 197 Å². The standard InChI is InChI=1S/C25H25Cl2N3O2/c26-19-8-9-23(22(27)14-19)30-24(18-6-7-18)21(15-28-30)25(31)29-12-10-20(11-13-29)32-16-17-4-2-1-3-5-17/h1-5,8-9,14-15,18,20H,6-7,10-13,16H2. The van der Waals surface area contributed by atoms with Gasteiger partial charge in [-0.25, -0.2) is 4.68 Å². The molecule has 0 N–H and O–H groups in total. The Hall–Kier alpha value is -2.34. The second kappa shape index (κ2) is 9.26. The van der Waals surface area contributed by atoms with Crippen LogP contribution in [0.15, 0.2) is 54.7 Å². The highest BCUT2D eigenvalue weighted by Gasteiger charge is 2.35. The number of hydrogen-bond donors (Lipinski definition) is 0. The van der Waals surface area contributed by atoms with E-state index in [2.05, 4.69) is 17.2 Å². The molecule has 1 saturated heterocycles. The number of hydrogen-bond acceptors (Lipinski definition) is 3. The molecule has 2 fully saturated rings. The lowest BCUT2D eigenvalue weighted by molar-refractivity contribution is -0.000404. The minimum atomic E-state index is 0.0461. The summed E-state index contributed by atoms with van der Waals surface area (Å²) in [6.07, 6.45) is 5.68. The molecule has 32 heavy (non-hydrogen) atoms. The highest BCUT2D eigenvalue weighted by atomic mass is 35.5. The van der Waals surface area contributed by atoms with Gasteiger partial charge in [0.2, 0.25) is 0 Å². The Morgan fingerprint density at radius 3 is 2.47 bits per heavy atom. The first-order valence-electron chi connectivity index (χ1n) is 11.1. The molecule has 3 aromatic rings. The van der Waals surface area contributed by atoms with E-state index in [1.54, 1.807) is 18.3 Å². The SMILES string of the molecule is O=C(c1cnn(-c2ccc(Cl)cc2Cl)c1C1CC1)N1CCC(OCc2ccccc2)CC1. The number of aromatic nitrogens is 2. The molecule has 1 saturated carbocycles. The number of rotatable bonds is 6. The maximum Gasteiger partial charge on any atom is 0.257 e. The van der Waals surface area contributed by atoms with E-state index in [1.807, 2.05) is 33.8 Å². The van der Waals surface area contributed by atoms with E-state index in [4.69, 9.17) is 27.9 Å². The first-order valence-corrected chi connectivity index (χ1v) is 11.8. The molecule has 2 aliphatic rings. The van der Waals surface area contributed by atoms with E-state index in [9.17, 15) is 4.79 Å². The van der Waals surface area contributed by atoms with Gasteiger partial charge in [0.25, 0.3) is 5.91 Å². The molecular formula is C25H25Cl2N3O2. The molecule has 0 bridgehead atoms. The summed E-state index contributed by atoms with van der Waals surface area (Å²) in [6, 6.07) is 15.6. The van der Waals surface area contributed by atoms with Gasteiger partial charge in [0, 0.05) is 24.0 Å². The Kier molecular flexibility index (Phi) is 6.22. The number of carbonyl (C=O) groups excluding carboxylic acids is 1. The van der Waals surface area contributed by atoms with Gasteiger partial charge >= 0.3 is 0 Å². The number of piperidine rings is 1. The summed E-state index contributed by atoms with van der Waals surface area (Å²) in [5.41, 5.74) is 3.57. The largest absolute Gasteiger partial charge is 0.373 e. The molecule has 2 heterocycles. The second-order valence-corrected chi connectivity index (χ2v) is 9.36. The average molecular weight is 470 g/mol. The van der Waals surface area contributed by atoms with E-state index in [0.717, 1.165) is 37.1 Å². The van der Waals surface area contributed by atoms with Gasteiger partial charge in [-0.15, -0.1) is 0 Å². The summed E-state index contributed by atoms with van der Waals surface area (Å²) in [5.74, 6) is 0.389. The third-order valence-electron chi connectivity index (χ3n) is 6.20.